The van der Waals surface area contributed by atoms with E-state index < -0.39 is 11.7 Å². The molecule has 0 spiro atoms. The van der Waals surface area contributed by atoms with Crippen LogP contribution in [0.4, 0.5) is 13.2 Å². The van der Waals surface area contributed by atoms with Crippen molar-refractivity contribution in [3.05, 3.63) is 29.8 Å². The summed E-state index contributed by atoms with van der Waals surface area (Å²) in [6.07, 6.45) is -2.09. The van der Waals surface area contributed by atoms with Crippen LogP contribution >= 0.6 is 11.8 Å². The van der Waals surface area contributed by atoms with Gasteiger partial charge in [-0.1, -0.05) is 0 Å². The Morgan fingerprint density at radius 3 is 2.18 bits per heavy atom. The summed E-state index contributed by atoms with van der Waals surface area (Å²) >= 11 is 1.68. The molecule has 1 N–H and O–H groups in total. The Balaban J connectivity index is 1.98. The summed E-state index contributed by atoms with van der Waals surface area (Å²) in [4.78, 5) is 0.921. The summed E-state index contributed by atoms with van der Waals surface area (Å²) in [5.41, 5.74) is -0.577. The molecule has 1 aromatic carbocycles. The van der Waals surface area contributed by atoms with Crippen LogP contribution in [0.5, 0.6) is 0 Å². The predicted molar refractivity (Wildman–Crippen MR) is 63.2 cm³/mol. The number of rotatable bonds is 2. The molecular weight excluding hydrogens is 247 g/mol. The molecule has 1 aromatic rings. The largest absolute Gasteiger partial charge is 0.416 e. The van der Waals surface area contributed by atoms with Crippen LogP contribution in [0.2, 0.25) is 0 Å². The molecule has 1 aliphatic heterocycles. The predicted octanol–water partition coefficient (Wildman–Crippen LogP) is 3.55. The highest BCUT2D eigenvalue weighted by Crippen LogP contribution is 2.33. The van der Waals surface area contributed by atoms with Gasteiger partial charge in [-0.2, -0.15) is 13.2 Å². The molecule has 0 aromatic heterocycles. The standard InChI is InChI=1S/C12H14F3NS/c13-12(14,15)9-1-3-10(4-2-9)17-11-5-7-16-8-6-11/h1-4,11,16H,5-8H2. The molecule has 0 aliphatic carbocycles. The Labute approximate surface area is 103 Å². The van der Waals surface area contributed by atoms with Crippen molar-refractivity contribution >= 4 is 11.8 Å². The monoisotopic (exact) mass is 261 g/mol. The highest BCUT2D eigenvalue weighted by molar-refractivity contribution is 8.00. The third-order valence-corrected chi connectivity index (χ3v) is 4.12. The minimum Gasteiger partial charge on any atom is -0.317 e. The lowest BCUT2D eigenvalue weighted by Gasteiger charge is -2.22. The lowest BCUT2D eigenvalue weighted by atomic mass is 10.2. The van der Waals surface area contributed by atoms with Gasteiger partial charge in [-0.05, 0) is 50.2 Å². The zero-order chi connectivity index (χ0) is 12.3. The topological polar surface area (TPSA) is 12.0 Å². The highest BCUT2D eigenvalue weighted by Gasteiger charge is 2.30. The van der Waals surface area contributed by atoms with E-state index in [9.17, 15) is 13.2 Å². The van der Waals surface area contributed by atoms with Crippen molar-refractivity contribution < 1.29 is 13.2 Å². The van der Waals surface area contributed by atoms with Gasteiger partial charge in [-0.3, -0.25) is 0 Å². The molecule has 0 saturated carbocycles. The summed E-state index contributed by atoms with van der Waals surface area (Å²) in [5, 5.41) is 3.79. The molecule has 1 fully saturated rings. The van der Waals surface area contributed by atoms with Gasteiger partial charge in [0.05, 0.1) is 5.56 Å². The van der Waals surface area contributed by atoms with E-state index in [4.69, 9.17) is 0 Å². The van der Waals surface area contributed by atoms with Crippen LogP contribution in [0.25, 0.3) is 0 Å². The molecule has 0 atom stereocenters. The van der Waals surface area contributed by atoms with Crippen molar-refractivity contribution in [1.82, 2.24) is 5.32 Å². The maximum atomic E-state index is 12.4. The number of halogens is 3. The molecule has 0 bridgehead atoms. The summed E-state index contributed by atoms with van der Waals surface area (Å²) in [6.45, 7) is 2.00. The van der Waals surface area contributed by atoms with Gasteiger partial charge in [0.15, 0.2) is 0 Å². The van der Waals surface area contributed by atoms with Gasteiger partial charge in [0, 0.05) is 10.1 Å². The van der Waals surface area contributed by atoms with Gasteiger partial charge in [-0.25, -0.2) is 0 Å². The summed E-state index contributed by atoms with van der Waals surface area (Å²) in [5.74, 6) is 0. The molecule has 5 heteroatoms. The quantitative estimate of drug-likeness (QED) is 0.873. The Kier molecular flexibility index (Phi) is 3.99. The van der Waals surface area contributed by atoms with Gasteiger partial charge in [0.1, 0.15) is 0 Å². The van der Waals surface area contributed by atoms with E-state index in [1.807, 2.05) is 0 Å². The first-order valence-electron chi connectivity index (χ1n) is 5.60. The van der Waals surface area contributed by atoms with Gasteiger partial charge in [0.25, 0.3) is 0 Å². The lowest BCUT2D eigenvalue weighted by Crippen LogP contribution is -2.29. The summed E-state index contributed by atoms with van der Waals surface area (Å²) in [6, 6.07) is 5.44. The fourth-order valence-corrected chi connectivity index (χ4v) is 2.98. The van der Waals surface area contributed by atoms with Crippen LogP contribution in [0.1, 0.15) is 18.4 Å². The minimum atomic E-state index is -4.24. The van der Waals surface area contributed by atoms with Crippen LogP contribution in [0.3, 0.4) is 0 Å². The van der Waals surface area contributed by atoms with Crippen molar-refractivity contribution in [1.29, 1.82) is 0 Å². The number of alkyl halides is 3. The normalized spacial score (nSPS) is 18.3. The average molecular weight is 261 g/mol. The van der Waals surface area contributed by atoms with E-state index in [0.717, 1.165) is 43.0 Å². The second-order valence-corrected chi connectivity index (χ2v) is 5.46. The van der Waals surface area contributed by atoms with E-state index in [-0.39, 0.29) is 0 Å². The van der Waals surface area contributed by atoms with E-state index in [2.05, 4.69) is 5.32 Å². The SMILES string of the molecule is FC(F)(F)c1ccc(SC2CCNCC2)cc1. The molecule has 1 heterocycles. The highest BCUT2D eigenvalue weighted by atomic mass is 32.2. The summed E-state index contributed by atoms with van der Waals surface area (Å²) < 4.78 is 37.1. The second-order valence-electron chi connectivity index (χ2n) is 4.09. The number of hydrogen-bond donors (Lipinski definition) is 1. The van der Waals surface area contributed by atoms with Gasteiger partial charge < -0.3 is 5.32 Å². The van der Waals surface area contributed by atoms with E-state index >= 15 is 0 Å². The third kappa shape index (κ3) is 3.64. The van der Waals surface area contributed by atoms with Crippen molar-refractivity contribution in [2.45, 2.75) is 29.2 Å². The second kappa shape index (κ2) is 5.31. The van der Waals surface area contributed by atoms with Crippen molar-refractivity contribution in [2.75, 3.05) is 13.1 Å². The Morgan fingerprint density at radius 2 is 1.65 bits per heavy atom. The number of piperidine rings is 1. The van der Waals surface area contributed by atoms with Crippen molar-refractivity contribution in [2.24, 2.45) is 0 Å². The third-order valence-electron chi connectivity index (χ3n) is 2.77. The smallest absolute Gasteiger partial charge is 0.317 e. The molecule has 94 valence electrons. The van der Waals surface area contributed by atoms with Crippen molar-refractivity contribution in [3.63, 3.8) is 0 Å². The first kappa shape index (κ1) is 12.8. The molecule has 1 aliphatic rings. The van der Waals surface area contributed by atoms with E-state index in [1.165, 1.54) is 0 Å². The van der Waals surface area contributed by atoms with E-state index in [1.54, 1.807) is 23.9 Å². The molecule has 1 nitrogen and oxygen atoms in total. The summed E-state index contributed by atoms with van der Waals surface area (Å²) in [7, 11) is 0. The molecule has 17 heavy (non-hydrogen) atoms. The van der Waals surface area contributed by atoms with Crippen molar-refractivity contribution in [3.8, 4) is 0 Å². The Morgan fingerprint density at radius 1 is 1.06 bits per heavy atom. The fourth-order valence-electron chi connectivity index (χ4n) is 1.83. The fraction of sp³-hybridized carbons (Fsp3) is 0.500. The van der Waals surface area contributed by atoms with Crippen LogP contribution in [-0.4, -0.2) is 18.3 Å². The van der Waals surface area contributed by atoms with Gasteiger partial charge >= 0.3 is 6.18 Å². The Hall–Kier alpha value is -0.680. The molecule has 0 amide bonds. The van der Waals surface area contributed by atoms with E-state index in [0.29, 0.717) is 5.25 Å². The number of thioether (sulfide) groups is 1. The zero-order valence-corrected chi connectivity index (χ0v) is 10.1. The molecule has 2 rings (SSSR count). The molecular formula is C12H14F3NS. The number of benzene rings is 1. The van der Waals surface area contributed by atoms with Gasteiger partial charge in [0.2, 0.25) is 0 Å². The molecule has 0 radical (unpaired) electrons. The first-order valence-corrected chi connectivity index (χ1v) is 6.48. The maximum Gasteiger partial charge on any atom is 0.416 e. The van der Waals surface area contributed by atoms with Crippen LogP contribution < -0.4 is 5.32 Å². The van der Waals surface area contributed by atoms with Crippen LogP contribution in [0.15, 0.2) is 29.2 Å². The van der Waals surface area contributed by atoms with Crippen LogP contribution in [-0.2, 0) is 6.18 Å². The van der Waals surface area contributed by atoms with Gasteiger partial charge in [-0.15, -0.1) is 11.8 Å². The molecule has 1 saturated heterocycles. The Bertz CT molecular complexity index is 355. The lowest BCUT2D eigenvalue weighted by molar-refractivity contribution is -0.137. The number of nitrogens with one attached hydrogen (secondary N) is 1. The van der Waals surface area contributed by atoms with Crippen LogP contribution in [0, 0.1) is 0 Å². The average Bonchev–Trinajstić information content (AvgIpc) is 2.30. The molecule has 0 unspecified atom stereocenters. The number of hydrogen-bond acceptors (Lipinski definition) is 2. The maximum absolute atomic E-state index is 12.4. The first-order chi connectivity index (χ1) is 8.05. The zero-order valence-electron chi connectivity index (χ0n) is 9.26. The minimum absolute atomic E-state index is 0.521.